The molecule has 3 heteroatoms. The molecule has 0 aliphatic heterocycles. The highest BCUT2D eigenvalue weighted by molar-refractivity contribution is 5.81. The molecular weight excluding hydrogens is 258 g/mol. The molecule has 1 aromatic heterocycles. The smallest absolute Gasteiger partial charge is 0.0734 e. The van der Waals surface area contributed by atoms with Gasteiger partial charge in [0, 0.05) is 29.5 Å². The predicted octanol–water partition coefficient (Wildman–Crippen LogP) is 3.78. The van der Waals surface area contributed by atoms with Gasteiger partial charge in [0.25, 0.3) is 0 Å². The summed E-state index contributed by atoms with van der Waals surface area (Å²) in [6, 6.07) is 16.5. The van der Waals surface area contributed by atoms with Gasteiger partial charge in [-0.15, -0.1) is 0 Å². The van der Waals surface area contributed by atoms with Gasteiger partial charge in [0.2, 0.25) is 0 Å². The second kappa shape index (κ2) is 5.83. The number of hydrogen-bond acceptors (Lipinski definition) is 3. The second-order valence-electron chi connectivity index (χ2n) is 5.24. The standard InChI is InChI=1S/C18H19N3/c1-13-7-8-16(12-17(13)19)20-11-9-15-5-2-4-14-6-3-10-21-18(14)15/h2-8,10,12,20H,9,11,19H2,1H3. The average Bonchev–Trinajstić information content (AvgIpc) is 2.51. The third-order valence-electron chi connectivity index (χ3n) is 3.72. The fourth-order valence-electron chi connectivity index (χ4n) is 2.46. The summed E-state index contributed by atoms with van der Waals surface area (Å²) in [7, 11) is 0. The van der Waals surface area contributed by atoms with Crippen molar-refractivity contribution in [3.05, 3.63) is 65.9 Å². The van der Waals surface area contributed by atoms with Crippen LogP contribution in [0.3, 0.4) is 0 Å². The maximum absolute atomic E-state index is 5.93. The number of fused-ring (bicyclic) bond motifs is 1. The molecule has 0 radical (unpaired) electrons. The number of para-hydroxylation sites is 1. The lowest BCUT2D eigenvalue weighted by atomic mass is 10.1. The van der Waals surface area contributed by atoms with Gasteiger partial charge in [-0.2, -0.15) is 0 Å². The zero-order valence-electron chi connectivity index (χ0n) is 12.1. The van der Waals surface area contributed by atoms with E-state index in [-0.39, 0.29) is 0 Å². The summed E-state index contributed by atoms with van der Waals surface area (Å²) in [6.07, 6.45) is 2.78. The van der Waals surface area contributed by atoms with Crippen LogP contribution in [0.5, 0.6) is 0 Å². The van der Waals surface area contributed by atoms with E-state index < -0.39 is 0 Å². The Bertz CT molecular complexity index is 760. The van der Waals surface area contributed by atoms with Gasteiger partial charge in [-0.1, -0.05) is 30.3 Å². The zero-order valence-corrected chi connectivity index (χ0v) is 12.1. The lowest BCUT2D eigenvalue weighted by molar-refractivity contribution is 1.02. The predicted molar refractivity (Wildman–Crippen MR) is 89.5 cm³/mol. The molecule has 0 aliphatic rings. The maximum atomic E-state index is 5.93. The lowest BCUT2D eigenvalue weighted by Gasteiger charge is -2.10. The minimum atomic E-state index is 0.826. The fraction of sp³-hybridized carbons (Fsp3) is 0.167. The summed E-state index contributed by atoms with van der Waals surface area (Å²) >= 11 is 0. The maximum Gasteiger partial charge on any atom is 0.0734 e. The highest BCUT2D eigenvalue weighted by Crippen LogP contribution is 2.18. The SMILES string of the molecule is Cc1ccc(NCCc2cccc3cccnc23)cc1N. The Morgan fingerprint density at radius 3 is 2.81 bits per heavy atom. The van der Waals surface area contributed by atoms with E-state index in [0.29, 0.717) is 0 Å². The Kier molecular flexibility index (Phi) is 3.73. The molecule has 3 rings (SSSR count). The number of benzene rings is 2. The number of hydrogen-bond donors (Lipinski definition) is 2. The summed E-state index contributed by atoms with van der Waals surface area (Å²) in [6.45, 7) is 2.87. The number of nitrogens with one attached hydrogen (secondary N) is 1. The van der Waals surface area contributed by atoms with E-state index in [1.165, 1.54) is 10.9 Å². The highest BCUT2D eigenvalue weighted by atomic mass is 14.9. The monoisotopic (exact) mass is 277 g/mol. The molecule has 1 heterocycles. The number of pyridine rings is 1. The summed E-state index contributed by atoms with van der Waals surface area (Å²) in [5.41, 5.74) is 11.3. The first-order valence-corrected chi connectivity index (χ1v) is 7.16. The van der Waals surface area contributed by atoms with Gasteiger partial charge in [-0.25, -0.2) is 0 Å². The number of nitrogen functional groups attached to an aromatic ring is 1. The molecular formula is C18H19N3. The van der Waals surface area contributed by atoms with Crippen molar-refractivity contribution in [3.8, 4) is 0 Å². The molecule has 0 aliphatic carbocycles. The van der Waals surface area contributed by atoms with Gasteiger partial charge in [-0.3, -0.25) is 4.98 Å². The molecule has 0 bridgehead atoms. The van der Waals surface area contributed by atoms with Crippen LogP contribution in [0.25, 0.3) is 10.9 Å². The van der Waals surface area contributed by atoms with Crippen LogP contribution >= 0.6 is 0 Å². The normalized spacial score (nSPS) is 10.7. The van der Waals surface area contributed by atoms with Crippen LogP contribution in [0.1, 0.15) is 11.1 Å². The molecule has 3 aromatic rings. The first-order chi connectivity index (χ1) is 10.2. The minimum Gasteiger partial charge on any atom is -0.398 e. The number of aromatic nitrogens is 1. The zero-order chi connectivity index (χ0) is 14.7. The fourth-order valence-corrected chi connectivity index (χ4v) is 2.46. The van der Waals surface area contributed by atoms with Crippen LogP contribution in [-0.2, 0) is 6.42 Å². The number of anilines is 2. The van der Waals surface area contributed by atoms with E-state index in [9.17, 15) is 0 Å². The van der Waals surface area contributed by atoms with E-state index in [4.69, 9.17) is 5.73 Å². The highest BCUT2D eigenvalue weighted by Gasteiger charge is 2.02. The number of nitrogens with zero attached hydrogens (tertiary/aromatic N) is 1. The largest absolute Gasteiger partial charge is 0.398 e. The molecule has 0 spiro atoms. The molecule has 21 heavy (non-hydrogen) atoms. The molecule has 0 saturated heterocycles. The van der Waals surface area contributed by atoms with Gasteiger partial charge in [0.1, 0.15) is 0 Å². The van der Waals surface area contributed by atoms with Gasteiger partial charge in [0.15, 0.2) is 0 Å². The summed E-state index contributed by atoms with van der Waals surface area (Å²) in [5.74, 6) is 0. The molecule has 106 valence electrons. The van der Waals surface area contributed by atoms with Gasteiger partial charge in [-0.05, 0) is 42.7 Å². The Balaban J connectivity index is 1.70. The van der Waals surface area contributed by atoms with Gasteiger partial charge >= 0.3 is 0 Å². The first-order valence-electron chi connectivity index (χ1n) is 7.16. The Morgan fingerprint density at radius 1 is 1.10 bits per heavy atom. The average molecular weight is 277 g/mol. The van der Waals surface area contributed by atoms with Crippen LogP contribution in [-0.4, -0.2) is 11.5 Å². The second-order valence-corrected chi connectivity index (χ2v) is 5.24. The third kappa shape index (κ3) is 2.97. The van der Waals surface area contributed by atoms with Crippen molar-refractivity contribution >= 4 is 22.3 Å². The lowest BCUT2D eigenvalue weighted by Crippen LogP contribution is -2.06. The van der Waals surface area contributed by atoms with Crippen molar-refractivity contribution in [3.63, 3.8) is 0 Å². The molecule has 2 aromatic carbocycles. The van der Waals surface area contributed by atoms with Gasteiger partial charge in [0.05, 0.1) is 5.52 Å². The third-order valence-corrected chi connectivity index (χ3v) is 3.72. The summed E-state index contributed by atoms with van der Waals surface area (Å²) < 4.78 is 0. The Hall–Kier alpha value is -2.55. The first kappa shape index (κ1) is 13.4. The van der Waals surface area contributed by atoms with Crippen molar-refractivity contribution in [2.45, 2.75) is 13.3 Å². The van der Waals surface area contributed by atoms with Crippen molar-refractivity contribution in [1.29, 1.82) is 0 Å². The van der Waals surface area contributed by atoms with Crippen LogP contribution in [0.15, 0.2) is 54.7 Å². The molecule has 3 nitrogen and oxygen atoms in total. The Morgan fingerprint density at radius 2 is 1.95 bits per heavy atom. The summed E-state index contributed by atoms with van der Waals surface area (Å²) in [4.78, 5) is 4.48. The van der Waals surface area contributed by atoms with Gasteiger partial charge < -0.3 is 11.1 Å². The van der Waals surface area contributed by atoms with E-state index >= 15 is 0 Å². The van der Waals surface area contributed by atoms with Crippen LogP contribution in [0.4, 0.5) is 11.4 Å². The molecule has 0 amide bonds. The number of aryl methyl sites for hydroxylation is 1. The van der Waals surface area contributed by atoms with Crippen molar-refractivity contribution in [2.75, 3.05) is 17.6 Å². The van der Waals surface area contributed by atoms with Crippen molar-refractivity contribution in [1.82, 2.24) is 4.98 Å². The quantitative estimate of drug-likeness (QED) is 0.713. The van der Waals surface area contributed by atoms with Crippen molar-refractivity contribution < 1.29 is 0 Å². The number of nitrogens with two attached hydrogens (primary N) is 1. The molecule has 0 unspecified atom stereocenters. The topological polar surface area (TPSA) is 50.9 Å². The Labute approximate surface area is 124 Å². The molecule has 0 saturated carbocycles. The van der Waals surface area contributed by atoms with Crippen LogP contribution in [0, 0.1) is 6.92 Å². The van der Waals surface area contributed by atoms with E-state index in [0.717, 1.165) is 35.4 Å². The molecule has 3 N–H and O–H groups in total. The number of rotatable bonds is 4. The van der Waals surface area contributed by atoms with Crippen LogP contribution in [0.2, 0.25) is 0 Å². The minimum absolute atomic E-state index is 0.826. The molecule has 0 fully saturated rings. The van der Waals surface area contributed by atoms with E-state index in [2.05, 4.69) is 40.6 Å². The van der Waals surface area contributed by atoms with Crippen LogP contribution < -0.4 is 11.1 Å². The summed E-state index contributed by atoms with van der Waals surface area (Å²) in [5, 5.41) is 4.61. The van der Waals surface area contributed by atoms with E-state index in [1.54, 1.807) is 0 Å². The molecule has 0 atom stereocenters. The van der Waals surface area contributed by atoms with Crippen molar-refractivity contribution in [2.24, 2.45) is 0 Å². The van der Waals surface area contributed by atoms with E-state index in [1.807, 2.05) is 31.3 Å².